The lowest BCUT2D eigenvalue weighted by atomic mass is 9.91. The Bertz CT molecular complexity index is 429. The Morgan fingerprint density at radius 3 is 2.95 bits per heavy atom. The fraction of sp³-hybridized carbons (Fsp3) is 0.625. The summed E-state index contributed by atoms with van der Waals surface area (Å²) in [6.45, 7) is 1.74. The molecule has 2 aliphatic heterocycles. The molecule has 0 aliphatic carbocycles. The molecule has 0 saturated carbocycles. The highest BCUT2D eigenvalue weighted by Crippen LogP contribution is 2.39. The molecule has 2 saturated heterocycles. The first-order valence-electron chi connectivity index (χ1n) is 7.42. The first kappa shape index (κ1) is 14.2. The summed E-state index contributed by atoms with van der Waals surface area (Å²) in [5, 5.41) is 3.16. The van der Waals surface area contributed by atoms with E-state index in [0.717, 1.165) is 37.5 Å². The average molecular weight is 293 g/mol. The summed E-state index contributed by atoms with van der Waals surface area (Å²) in [6, 6.07) is 8.43. The van der Waals surface area contributed by atoms with Gasteiger partial charge >= 0.3 is 0 Å². The van der Waals surface area contributed by atoms with Gasteiger partial charge in [-0.3, -0.25) is 0 Å². The molecule has 2 fully saturated rings. The maximum atomic E-state index is 6.17. The van der Waals surface area contributed by atoms with E-state index in [0.29, 0.717) is 6.10 Å². The van der Waals surface area contributed by atoms with Crippen molar-refractivity contribution < 1.29 is 9.47 Å². The van der Waals surface area contributed by atoms with Crippen molar-refractivity contribution >= 4 is 11.8 Å². The van der Waals surface area contributed by atoms with Crippen molar-refractivity contribution in [2.45, 2.75) is 37.5 Å². The van der Waals surface area contributed by atoms with Gasteiger partial charge in [-0.25, -0.2) is 0 Å². The molecule has 3 rings (SSSR count). The molecular formula is C16H23NO2S. The highest BCUT2D eigenvalue weighted by Gasteiger charge is 2.41. The molecule has 2 atom stereocenters. The van der Waals surface area contributed by atoms with Crippen LogP contribution in [0.3, 0.4) is 0 Å². The lowest BCUT2D eigenvalue weighted by molar-refractivity contribution is -0.0958. The van der Waals surface area contributed by atoms with Crippen LogP contribution < -0.4 is 10.1 Å². The van der Waals surface area contributed by atoms with Crippen molar-refractivity contribution in [3.8, 4) is 5.75 Å². The minimum absolute atomic E-state index is 0.0969. The second-order valence-corrected chi connectivity index (χ2v) is 6.85. The number of hydrogen-bond donors (Lipinski definition) is 1. The molecule has 0 radical (unpaired) electrons. The third-order valence-electron chi connectivity index (χ3n) is 4.12. The third-order valence-corrected chi connectivity index (χ3v) is 5.34. The second kappa shape index (κ2) is 6.37. The summed E-state index contributed by atoms with van der Waals surface area (Å²) >= 11 is 2.01. The van der Waals surface area contributed by atoms with E-state index in [9.17, 15) is 0 Å². The number of nitrogens with one attached hydrogen (secondary N) is 1. The number of thioether (sulfide) groups is 1. The molecule has 0 bridgehead atoms. The van der Waals surface area contributed by atoms with Gasteiger partial charge in [0.25, 0.3) is 0 Å². The van der Waals surface area contributed by atoms with Crippen LogP contribution in [0.4, 0.5) is 0 Å². The Morgan fingerprint density at radius 1 is 1.40 bits per heavy atom. The van der Waals surface area contributed by atoms with E-state index in [1.165, 1.54) is 17.7 Å². The van der Waals surface area contributed by atoms with E-state index in [-0.39, 0.29) is 5.60 Å². The van der Waals surface area contributed by atoms with Gasteiger partial charge in [-0.15, -0.1) is 0 Å². The van der Waals surface area contributed by atoms with Gasteiger partial charge in [0, 0.05) is 25.1 Å². The molecule has 1 spiro atoms. The zero-order valence-corrected chi connectivity index (χ0v) is 12.9. The zero-order valence-electron chi connectivity index (χ0n) is 12.1. The van der Waals surface area contributed by atoms with Crippen LogP contribution in [0, 0.1) is 0 Å². The molecule has 2 aliphatic rings. The van der Waals surface area contributed by atoms with Crippen LogP contribution in [0.1, 0.15) is 24.8 Å². The Balaban J connectivity index is 1.59. The SMILES string of the molecule is CNCc1ccc(OC2CCOC3(CCSC3)C2)cc1. The molecule has 1 aromatic carbocycles. The van der Waals surface area contributed by atoms with Gasteiger partial charge in [-0.05, 0) is 36.9 Å². The molecule has 4 heteroatoms. The lowest BCUT2D eigenvalue weighted by Gasteiger charge is -2.37. The molecule has 0 amide bonds. The third kappa shape index (κ3) is 3.30. The summed E-state index contributed by atoms with van der Waals surface area (Å²) in [6.07, 6.45) is 3.53. The Hall–Kier alpha value is -0.710. The van der Waals surface area contributed by atoms with Crippen molar-refractivity contribution in [3.05, 3.63) is 29.8 Å². The number of benzene rings is 1. The van der Waals surface area contributed by atoms with E-state index in [2.05, 4.69) is 29.6 Å². The van der Waals surface area contributed by atoms with Crippen molar-refractivity contribution in [1.82, 2.24) is 5.32 Å². The van der Waals surface area contributed by atoms with Gasteiger partial charge in [0.2, 0.25) is 0 Å². The van der Waals surface area contributed by atoms with Gasteiger partial charge in [-0.2, -0.15) is 11.8 Å². The summed E-state index contributed by atoms with van der Waals surface area (Å²) in [5.74, 6) is 3.34. The van der Waals surface area contributed by atoms with Crippen LogP contribution >= 0.6 is 11.8 Å². The van der Waals surface area contributed by atoms with Crippen molar-refractivity contribution in [2.24, 2.45) is 0 Å². The second-order valence-electron chi connectivity index (χ2n) is 5.74. The topological polar surface area (TPSA) is 30.5 Å². The van der Waals surface area contributed by atoms with Crippen LogP contribution in [0.2, 0.25) is 0 Å². The van der Waals surface area contributed by atoms with Crippen LogP contribution in [0.5, 0.6) is 5.75 Å². The Kier molecular flexibility index (Phi) is 4.54. The van der Waals surface area contributed by atoms with E-state index in [1.54, 1.807) is 0 Å². The molecule has 0 aromatic heterocycles. The van der Waals surface area contributed by atoms with Gasteiger partial charge in [-0.1, -0.05) is 12.1 Å². The molecule has 2 unspecified atom stereocenters. The van der Waals surface area contributed by atoms with Crippen molar-refractivity contribution in [2.75, 3.05) is 25.2 Å². The molecule has 1 aromatic rings. The van der Waals surface area contributed by atoms with E-state index >= 15 is 0 Å². The maximum absolute atomic E-state index is 6.17. The molecule has 20 heavy (non-hydrogen) atoms. The zero-order chi connectivity index (χ0) is 13.8. The predicted molar refractivity (Wildman–Crippen MR) is 83.5 cm³/mol. The molecule has 2 heterocycles. The summed E-state index contributed by atoms with van der Waals surface area (Å²) in [5.41, 5.74) is 1.38. The van der Waals surface area contributed by atoms with Gasteiger partial charge in [0.05, 0.1) is 12.2 Å². The Labute approximate surface area is 125 Å². The molecule has 3 nitrogen and oxygen atoms in total. The minimum Gasteiger partial charge on any atom is -0.490 e. The Morgan fingerprint density at radius 2 is 2.25 bits per heavy atom. The monoisotopic (exact) mass is 293 g/mol. The van der Waals surface area contributed by atoms with Crippen LogP contribution in [0.25, 0.3) is 0 Å². The molecule has 1 N–H and O–H groups in total. The average Bonchev–Trinajstić information content (AvgIpc) is 2.89. The maximum Gasteiger partial charge on any atom is 0.119 e. The fourth-order valence-electron chi connectivity index (χ4n) is 3.03. The smallest absolute Gasteiger partial charge is 0.119 e. The predicted octanol–water partition coefficient (Wildman–Crippen LogP) is 2.84. The van der Waals surface area contributed by atoms with Crippen LogP contribution in [0.15, 0.2) is 24.3 Å². The largest absolute Gasteiger partial charge is 0.490 e. The van der Waals surface area contributed by atoms with Crippen molar-refractivity contribution in [3.63, 3.8) is 0 Å². The first-order valence-corrected chi connectivity index (χ1v) is 8.57. The van der Waals surface area contributed by atoms with E-state index < -0.39 is 0 Å². The standard InChI is InChI=1S/C16H23NO2S/c1-17-11-13-2-4-14(5-3-13)19-15-6-8-18-16(10-15)7-9-20-12-16/h2-5,15,17H,6-12H2,1H3. The summed E-state index contributed by atoms with van der Waals surface area (Å²) < 4.78 is 12.2. The van der Waals surface area contributed by atoms with E-state index in [4.69, 9.17) is 9.47 Å². The minimum atomic E-state index is 0.0969. The number of rotatable bonds is 4. The van der Waals surface area contributed by atoms with Gasteiger partial charge in [0.15, 0.2) is 0 Å². The normalized spacial score (nSPS) is 29.8. The van der Waals surface area contributed by atoms with Crippen LogP contribution in [-0.2, 0) is 11.3 Å². The van der Waals surface area contributed by atoms with Gasteiger partial charge in [0.1, 0.15) is 11.9 Å². The summed E-state index contributed by atoms with van der Waals surface area (Å²) in [7, 11) is 1.96. The number of hydrogen-bond acceptors (Lipinski definition) is 4. The van der Waals surface area contributed by atoms with Crippen molar-refractivity contribution in [1.29, 1.82) is 0 Å². The number of ether oxygens (including phenoxy) is 2. The highest BCUT2D eigenvalue weighted by atomic mass is 32.2. The highest BCUT2D eigenvalue weighted by molar-refractivity contribution is 7.99. The first-order chi connectivity index (χ1) is 9.80. The van der Waals surface area contributed by atoms with E-state index in [1.807, 2.05) is 18.8 Å². The molecule has 110 valence electrons. The fourth-order valence-corrected chi connectivity index (χ4v) is 4.41. The molecular weight excluding hydrogens is 270 g/mol. The van der Waals surface area contributed by atoms with Gasteiger partial charge < -0.3 is 14.8 Å². The summed E-state index contributed by atoms with van der Waals surface area (Å²) in [4.78, 5) is 0. The lowest BCUT2D eigenvalue weighted by Crippen LogP contribution is -2.43. The quantitative estimate of drug-likeness (QED) is 0.925. The van der Waals surface area contributed by atoms with Crippen LogP contribution in [-0.4, -0.2) is 36.9 Å².